The molecule has 2 rings (SSSR count). The van der Waals surface area contributed by atoms with E-state index in [0.717, 1.165) is 5.56 Å². The molecule has 1 heterocycles. The van der Waals surface area contributed by atoms with Crippen LogP contribution in [0.4, 0.5) is 0 Å². The van der Waals surface area contributed by atoms with Gasteiger partial charge >= 0.3 is 5.97 Å². The monoisotopic (exact) mass is 291 g/mol. The summed E-state index contributed by atoms with van der Waals surface area (Å²) in [6, 6.07) is 6.67. The van der Waals surface area contributed by atoms with Gasteiger partial charge in [-0.25, -0.2) is 4.79 Å². The van der Waals surface area contributed by atoms with Gasteiger partial charge in [-0.15, -0.1) is 0 Å². The normalized spacial score (nSPS) is 22.1. The number of hydrogen-bond donors (Lipinski definition) is 1. The lowest BCUT2D eigenvalue weighted by Gasteiger charge is -2.35. The molecule has 0 aromatic heterocycles. The molecule has 1 aromatic carbocycles. The minimum atomic E-state index is -0.936. The van der Waals surface area contributed by atoms with Crippen molar-refractivity contribution in [3.05, 3.63) is 35.4 Å². The van der Waals surface area contributed by atoms with Crippen LogP contribution in [0.25, 0.3) is 0 Å². The molecule has 0 radical (unpaired) electrons. The van der Waals surface area contributed by atoms with E-state index in [2.05, 4.69) is 0 Å². The van der Waals surface area contributed by atoms with Gasteiger partial charge < -0.3 is 14.7 Å². The Bertz CT molecular complexity index is 502. The van der Waals surface area contributed by atoms with E-state index >= 15 is 0 Å². The van der Waals surface area contributed by atoms with Crippen molar-refractivity contribution in [1.29, 1.82) is 0 Å². The maximum absolute atomic E-state index is 12.2. The van der Waals surface area contributed by atoms with E-state index in [1.807, 2.05) is 18.7 Å². The van der Waals surface area contributed by atoms with Crippen LogP contribution in [0, 0.1) is 0 Å². The molecule has 21 heavy (non-hydrogen) atoms. The number of benzene rings is 1. The second kappa shape index (κ2) is 6.72. The zero-order chi connectivity index (χ0) is 15.4. The average molecular weight is 291 g/mol. The largest absolute Gasteiger partial charge is 0.478 e. The van der Waals surface area contributed by atoms with Gasteiger partial charge in [-0.05, 0) is 38.0 Å². The summed E-state index contributed by atoms with van der Waals surface area (Å²) >= 11 is 0. The summed E-state index contributed by atoms with van der Waals surface area (Å²) in [6.45, 7) is 5.23. The summed E-state index contributed by atoms with van der Waals surface area (Å²) < 4.78 is 5.62. The molecule has 1 N–H and O–H groups in total. The third-order valence-electron chi connectivity index (χ3n) is 3.60. The summed E-state index contributed by atoms with van der Waals surface area (Å²) in [5.41, 5.74) is 1.24. The molecule has 5 nitrogen and oxygen atoms in total. The molecule has 1 aliphatic heterocycles. The van der Waals surface area contributed by atoms with Gasteiger partial charge in [0.2, 0.25) is 5.91 Å². The Labute approximate surface area is 124 Å². The summed E-state index contributed by atoms with van der Waals surface area (Å²) in [5, 5.41) is 8.84. The van der Waals surface area contributed by atoms with Crippen molar-refractivity contribution in [2.75, 3.05) is 13.1 Å². The maximum atomic E-state index is 12.2. The molecule has 2 atom stereocenters. The number of carboxylic acids is 1. The van der Waals surface area contributed by atoms with Crippen molar-refractivity contribution in [3.63, 3.8) is 0 Å². The smallest absolute Gasteiger partial charge is 0.335 e. The Balaban J connectivity index is 1.87. The van der Waals surface area contributed by atoms with Gasteiger partial charge in [-0.3, -0.25) is 4.79 Å². The number of aromatic carboxylic acids is 1. The van der Waals surface area contributed by atoms with Crippen LogP contribution in [0.15, 0.2) is 24.3 Å². The number of carbonyl (C=O) groups is 2. The molecule has 0 spiro atoms. The van der Waals surface area contributed by atoms with E-state index in [-0.39, 0.29) is 23.7 Å². The van der Waals surface area contributed by atoms with Crippen LogP contribution in [0.3, 0.4) is 0 Å². The lowest BCUT2D eigenvalue weighted by Crippen LogP contribution is -2.48. The summed E-state index contributed by atoms with van der Waals surface area (Å²) in [5.74, 6) is -0.812. The quantitative estimate of drug-likeness (QED) is 0.920. The second-order valence-electron chi connectivity index (χ2n) is 5.56. The van der Waals surface area contributed by atoms with Crippen LogP contribution in [0.2, 0.25) is 0 Å². The fourth-order valence-corrected chi connectivity index (χ4v) is 2.60. The van der Waals surface area contributed by atoms with Crippen LogP contribution in [0.5, 0.6) is 0 Å². The molecule has 1 amide bonds. The standard InChI is InChI=1S/C16H21NO4/c1-11-9-17(10-12(2)21-11)15(18)8-5-13-3-6-14(7-4-13)16(19)20/h3-4,6-7,11-12H,5,8-10H2,1-2H3,(H,19,20)/t11-,12-/m1/s1. The number of carbonyl (C=O) groups excluding carboxylic acids is 1. The number of aryl methyl sites for hydroxylation is 1. The van der Waals surface area contributed by atoms with Crippen LogP contribution >= 0.6 is 0 Å². The first-order valence-electron chi connectivity index (χ1n) is 7.21. The predicted molar refractivity (Wildman–Crippen MR) is 78.3 cm³/mol. The Morgan fingerprint density at radius 3 is 2.29 bits per heavy atom. The zero-order valence-corrected chi connectivity index (χ0v) is 12.4. The number of hydrogen-bond acceptors (Lipinski definition) is 3. The number of rotatable bonds is 4. The molecule has 0 saturated carbocycles. The van der Waals surface area contributed by atoms with Crippen molar-refractivity contribution in [2.24, 2.45) is 0 Å². The predicted octanol–water partition coefficient (Wildman–Crippen LogP) is 1.95. The fraction of sp³-hybridized carbons (Fsp3) is 0.500. The van der Waals surface area contributed by atoms with Gasteiger partial charge in [0.25, 0.3) is 0 Å². The Kier molecular flexibility index (Phi) is 4.96. The highest BCUT2D eigenvalue weighted by molar-refractivity contribution is 5.87. The van der Waals surface area contributed by atoms with Gasteiger partial charge in [-0.1, -0.05) is 12.1 Å². The molecule has 1 saturated heterocycles. The average Bonchev–Trinajstić information content (AvgIpc) is 2.44. The van der Waals surface area contributed by atoms with E-state index in [4.69, 9.17) is 9.84 Å². The second-order valence-corrected chi connectivity index (χ2v) is 5.56. The van der Waals surface area contributed by atoms with Crippen molar-refractivity contribution in [3.8, 4) is 0 Å². The van der Waals surface area contributed by atoms with Crippen LogP contribution in [-0.4, -0.2) is 47.2 Å². The number of nitrogens with zero attached hydrogens (tertiary/aromatic N) is 1. The van der Waals surface area contributed by atoms with Crippen molar-refractivity contribution in [2.45, 2.75) is 38.9 Å². The summed E-state index contributed by atoms with van der Waals surface area (Å²) in [7, 11) is 0. The molecule has 0 bridgehead atoms. The molecule has 0 aliphatic carbocycles. The summed E-state index contributed by atoms with van der Waals surface area (Å²) in [4.78, 5) is 24.8. The lowest BCUT2D eigenvalue weighted by molar-refractivity contribution is -0.143. The molecule has 114 valence electrons. The van der Waals surface area contributed by atoms with Gasteiger partial charge in [0.05, 0.1) is 17.8 Å². The molecule has 1 aliphatic rings. The number of morpholine rings is 1. The first-order chi connectivity index (χ1) is 9.95. The van der Waals surface area contributed by atoms with E-state index < -0.39 is 5.97 Å². The minimum Gasteiger partial charge on any atom is -0.478 e. The van der Waals surface area contributed by atoms with Gasteiger partial charge in [-0.2, -0.15) is 0 Å². The van der Waals surface area contributed by atoms with Crippen LogP contribution in [-0.2, 0) is 16.0 Å². The van der Waals surface area contributed by atoms with E-state index in [1.54, 1.807) is 24.3 Å². The molecule has 0 unspecified atom stereocenters. The van der Waals surface area contributed by atoms with Crippen molar-refractivity contribution >= 4 is 11.9 Å². The zero-order valence-electron chi connectivity index (χ0n) is 12.4. The fourth-order valence-electron chi connectivity index (χ4n) is 2.60. The Morgan fingerprint density at radius 2 is 1.76 bits per heavy atom. The Hall–Kier alpha value is -1.88. The third-order valence-corrected chi connectivity index (χ3v) is 3.60. The van der Waals surface area contributed by atoms with Gasteiger partial charge in [0.1, 0.15) is 0 Å². The third kappa shape index (κ3) is 4.29. The van der Waals surface area contributed by atoms with E-state index in [1.165, 1.54) is 0 Å². The number of carboxylic acid groups (broad SMARTS) is 1. The summed E-state index contributed by atoms with van der Waals surface area (Å²) in [6.07, 6.45) is 1.21. The van der Waals surface area contributed by atoms with E-state index in [9.17, 15) is 9.59 Å². The lowest BCUT2D eigenvalue weighted by atomic mass is 10.1. The maximum Gasteiger partial charge on any atom is 0.335 e. The molecule has 1 fully saturated rings. The first-order valence-corrected chi connectivity index (χ1v) is 7.21. The molecular formula is C16H21NO4. The highest BCUT2D eigenvalue weighted by atomic mass is 16.5. The minimum absolute atomic E-state index is 0.0764. The molecule has 1 aromatic rings. The van der Waals surface area contributed by atoms with Crippen LogP contribution in [0.1, 0.15) is 36.2 Å². The van der Waals surface area contributed by atoms with E-state index in [0.29, 0.717) is 25.9 Å². The van der Waals surface area contributed by atoms with Crippen LogP contribution < -0.4 is 0 Å². The van der Waals surface area contributed by atoms with Crippen molar-refractivity contribution < 1.29 is 19.4 Å². The topological polar surface area (TPSA) is 66.8 Å². The number of ether oxygens (including phenoxy) is 1. The highest BCUT2D eigenvalue weighted by Crippen LogP contribution is 2.13. The molecule has 5 heteroatoms. The number of amides is 1. The van der Waals surface area contributed by atoms with Crippen molar-refractivity contribution in [1.82, 2.24) is 4.90 Å². The highest BCUT2D eigenvalue weighted by Gasteiger charge is 2.25. The first kappa shape index (κ1) is 15.5. The molecular weight excluding hydrogens is 270 g/mol. The Morgan fingerprint density at radius 1 is 1.19 bits per heavy atom. The van der Waals surface area contributed by atoms with Gasteiger partial charge in [0.15, 0.2) is 0 Å². The van der Waals surface area contributed by atoms with Gasteiger partial charge in [0, 0.05) is 19.5 Å². The SMILES string of the molecule is C[C@@H]1CN(C(=O)CCc2ccc(C(=O)O)cc2)C[C@@H](C)O1.